The number of piperazine rings is 1. The van der Waals surface area contributed by atoms with Crippen molar-refractivity contribution in [1.82, 2.24) is 14.7 Å². The number of carbonyl (C=O) groups is 3. The van der Waals surface area contributed by atoms with Crippen LogP contribution in [0.5, 0.6) is 0 Å². The first-order valence-corrected chi connectivity index (χ1v) is 10.2. The molecule has 3 rings (SSSR count). The molecule has 0 spiro atoms. The smallest absolute Gasteiger partial charge is 0.225 e. The van der Waals surface area contributed by atoms with Crippen molar-refractivity contribution in [2.24, 2.45) is 5.92 Å². The number of nitrogens with zero attached hydrogens (tertiary/aromatic N) is 3. The van der Waals surface area contributed by atoms with E-state index in [4.69, 9.17) is 0 Å². The number of likely N-dealkylation sites (N-methyl/N-ethyl adjacent to an activating group) is 1. The lowest BCUT2D eigenvalue weighted by Crippen LogP contribution is -2.51. The molecule has 2 amide bonds. The molecule has 0 aliphatic carbocycles. The van der Waals surface area contributed by atoms with Gasteiger partial charge in [-0.2, -0.15) is 0 Å². The van der Waals surface area contributed by atoms with Gasteiger partial charge in [-0.25, -0.2) is 0 Å². The van der Waals surface area contributed by atoms with Gasteiger partial charge in [0.2, 0.25) is 11.8 Å². The molecule has 142 valence electrons. The largest absolute Gasteiger partial charge is 0.343 e. The zero-order valence-corrected chi connectivity index (χ0v) is 16.2. The lowest BCUT2D eigenvalue weighted by molar-refractivity contribution is -0.141. The predicted octanol–water partition coefficient (Wildman–Crippen LogP) is 1.72. The van der Waals surface area contributed by atoms with Crippen molar-refractivity contribution in [2.75, 3.05) is 46.3 Å². The molecule has 0 N–H and O–H groups in total. The number of ketones is 1. The SMILES string of the molecule is CN1CCN(C(=O)C2CCN(C(=O)CCC(=O)c3cccs3)CC2)CC1. The van der Waals surface area contributed by atoms with E-state index in [2.05, 4.69) is 11.9 Å². The van der Waals surface area contributed by atoms with E-state index in [9.17, 15) is 14.4 Å². The number of hydrogen-bond donors (Lipinski definition) is 0. The van der Waals surface area contributed by atoms with Gasteiger partial charge < -0.3 is 14.7 Å². The molecule has 2 aliphatic heterocycles. The Labute approximate surface area is 158 Å². The van der Waals surface area contributed by atoms with Crippen molar-refractivity contribution in [3.63, 3.8) is 0 Å². The maximum Gasteiger partial charge on any atom is 0.225 e. The van der Waals surface area contributed by atoms with E-state index in [-0.39, 0.29) is 36.4 Å². The molecule has 3 heterocycles. The zero-order chi connectivity index (χ0) is 18.5. The minimum atomic E-state index is 0.0282. The Morgan fingerprint density at radius 1 is 1.00 bits per heavy atom. The number of likely N-dealkylation sites (tertiary alicyclic amines) is 1. The first kappa shape index (κ1) is 19.0. The summed E-state index contributed by atoms with van der Waals surface area (Å²) in [6, 6.07) is 3.65. The Balaban J connectivity index is 1.41. The highest BCUT2D eigenvalue weighted by atomic mass is 32.1. The first-order valence-electron chi connectivity index (χ1n) is 9.36. The Morgan fingerprint density at radius 3 is 2.31 bits per heavy atom. The van der Waals surface area contributed by atoms with Crippen LogP contribution in [0.4, 0.5) is 0 Å². The summed E-state index contributed by atoms with van der Waals surface area (Å²) in [5.41, 5.74) is 0. The Kier molecular flexibility index (Phi) is 6.43. The normalized spacial score (nSPS) is 19.6. The van der Waals surface area contributed by atoms with Crippen LogP contribution >= 0.6 is 11.3 Å². The van der Waals surface area contributed by atoms with E-state index in [0.717, 1.165) is 39.0 Å². The summed E-state index contributed by atoms with van der Waals surface area (Å²) in [7, 11) is 2.08. The number of thiophene rings is 1. The topological polar surface area (TPSA) is 60.9 Å². The molecule has 0 unspecified atom stereocenters. The maximum atomic E-state index is 12.6. The van der Waals surface area contributed by atoms with Gasteiger partial charge >= 0.3 is 0 Å². The molecule has 1 aromatic heterocycles. The Bertz CT molecular complexity index is 630. The monoisotopic (exact) mass is 377 g/mol. The summed E-state index contributed by atoms with van der Waals surface area (Å²) in [5, 5.41) is 1.87. The number of amides is 2. The highest BCUT2D eigenvalue weighted by Gasteiger charge is 2.31. The van der Waals surface area contributed by atoms with Crippen molar-refractivity contribution >= 4 is 28.9 Å². The number of rotatable bonds is 5. The molecule has 0 radical (unpaired) electrons. The van der Waals surface area contributed by atoms with Gasteiger partial charge in [0.25, 0.3) is 0 Å². The van der Waals surface area contributed by atoms with E-state index in [1.54, 1.807) is 6.07 Å². The molecule has 6 nitrogen and oxygen atoms in total. The van der Waals surface area contributed by atoms with Crippen molar-refractivity contribution in [3.8, 4) is 0 Å². The summed E-state index contributed by atoms with van der Waals surface area (Å²) in [4.78, 5) is 43.8. The van der Waals surface area contributed by atoms with Crippen LogP contribution in [0, 0.1) is 5.92 Å². The third kappa shape index (κ3) is 4.71. The van der Waals surface area contributed by atoms with Crippen LogP contribution in [0.25, 0.3) is 0 Å². The second kappa shape index (κ2) is 8.77. The molecule has 0 bridgehead atoms. The molecular weight excluding hydrogens is 350 g/mol. The second-order valence-corrected chi connectivity index (χ2v) is 8.13. The minimum absolute atomic E-state index is 0.0282. The Morgan fingerprint density at radius 2 is 1.69 bits per heavy atom. The molecule has 2 aliphatic rings. The molecule has 2 saturated heterocycles. The highest BCUT2D eigenvalue weighted by molar-refractivity contribution is 7.12. The van der Waals surface area contributed by atoms with Gasteiger partial charge in [-0.3, -0.25) is 14.4 Å². The van der Waals surface area contributed by atoms with Gasteiger partial charge in [0, 0.05) is 58.0 Å². The first-order chi connectivity index (χ1) is 12.5. The maximum absolute atomic E-state index is 12.6. The quantitative estimate of drug-likeness (QED) is 0.733. The standard InChI is InChI=1S/C19H27N3O3S/c1-20-10-12-22(13-11-20)19(25)15-6-8-21(9-7-15)18(24)5-4-16(23)17-3-2-14-26-17/h2-3,14-15H,4-13H2,1H3. The lowest BCUT2D eigenvalue weighted by atomic mass is 9.94. The minimum Gasteiger partial charge on any atom is -0.343 e. The van der Waals surface area contributed by atoms with Gasteiger partial charge in [-0.05, 0) is 31.3 Å². The average molecular weight is 378 g/mol. The molecule has 26 heavy (non-hydrogen) atoms. The third-order valence-corrected chi connectivity index (χ3v) is 6.28. The predicted molar refractivity (Wildman–Crippen MR) is 101 cm³/mol. The fourth-order valence-corrected chi connectivity index (χ4v) is 4.29. The molecule has 0 aromatic carbocycles. The fraction of sp³-hybridized carbons (Fsp3) is 0.632. The van der Waals surface area contributed by atoms with Crippen LogP contribution in [-0.2, 0) is 9.59 Å². The van der Waals surface area contributed by atoms with E-state index >= 15 is 0 Å². The summed E-state index contributed by atoms with van der Waals surface area (Å²) in [6.45, 7) is 4.72. The molecular formula is C19H27N3O3S. The number of carbonyl (C=O) groups excluding carboxylic acids is 3. The molecule has 1 aromatic rings. The Hall–Kier alpha value is -1.73. The fourth-order valence-electron chi connectivity index (χ4n) is 3.60. The van der Waals surface area contributed by atoms with Crippen LogP contribution in [0.3, 0.4) is 0 Å². The van der Waals surface area contributed by atoms with Gasteiger partial charge in [-0.1, -0.05) is 6.07 Å². The molecule has 2 fully saturated rings. The van der Waals surface area contributed by atoms with Crippen LogP contribution < -0.4 is 0 Å². The highest BCUT2D eigenvalue weighted by Crippen LogP contribution is 2.21. The van der Waals surface area contributed by atoms with Crippen molar-refractivity contribution in [3.05, 3.63) is 22.4 Å². The van der Waals surface area contributed by atoms with Crippen LogP contribution in [0.15, 0.2) is 17.5 Å². The van der Waals surface area contributed by atoms with E-state index in [0.29, 0.717) is 18.0 Å². The van der Waals surface area contributed by atoms with Crippen LogP contribution in [0.1, 0.15) is 35.4 Å². The summed E-state index contributed by atoms with van der Waals surface area (Å²) >= 11 is 1.42. The summed E-state index contributed by atoms with van der Waals surface area (Å²) < 4.78 is 0. The van der Waals surface area contributed by atoms with Crippen molar-refractivity contribution in [2.45, 2.75) is 25.7 Å². The van der Waals surface area contributed by atoms with Gasteiger partial charge in [0.1, 0.15) is 0 Å². The van der Waals surface area contributed by atoms with Gasteiger partial charge in [0.05, 0.1) is 4.88 Å². The molecule has 0 atom stereocenters. The van der Waals surface area contributed by atoms with Crippen LogP contribution in [-0.4, -0.2) is 78.6 Å². The van der Waals surface area contributed by atoms with E-state index in [1.807, 2.05) is 21.2 Å². The second-order valence-electron chi connectivity index (χ2n) is 7.18. The summed E-state index contributed by atoms with van der Waals surface area (Å²) in [6.07, 6.45) is 1.98. The van der Waals surface area contributed by atoms with Crippen molar-refractivity contribution in [1.29, 1.82) is 0 Å². The number of Topliss-reactive ketones (excluding diaryl/α,β-unsaturated/α-hetero) is 1. The third-order valence-electron chi connectivity index (χ3n) is 5.37. The average Bonchev–Trinajstić information content (AvgIpc) is 3.21. The molecule has 0 saturated carbocycles. The van der Waals surface area contributed by atoms with Crippen molar-refractivity contribution < 1.29 is 14.4 Å². The van der Waals surface area contributed by atoms with Gasteiger partial charge in [-0.15, -0.1) is 11.3 Å². The lowest BCUT2D eigenvalue weighted by Gasteiger charge is -2.37. The van der Waals surface area contributed by atoms with E-state index in [1.165, 1.54) is 11.3 Å². The summed E-state index contributed by atoms with van der Waals surface area (Å²) in [5.74, 6) is 0.349. The number of hydrogen-bond acceptors (Lipinski definition) is 5. The van der Waals surface area contributed by atoms with Crippen LogP contribution in [0.2, 0.25) is 0 Å². The van der Waals surface area contributed by atoms with E-state index < -0.39 is 0 Å². The molecule has 7 heteroatoms. The zero-order valence-electron chi connectivity index (χ0n) is 15.4. The van der Waals surface area contributed by atoms with Gasteiger partial charge in [0.15, 0.2) is 5.78 Å². The number of piperidine rings is 1.